The summed E-state index contributed by atoms with van der Waals surface area (Å²) in [6.07, 6.45) is 0.912. The summed E-state index contributed by atoms with van der Waals surface area (Å²) in [5, 5.41) is 22.7. The van der Waals surface area contributed by atoms with Gasteiger partial charge in [0.1, 0.15) is 0 Å². The fourth-order valence-corrected chi connectivity index (χ4v) is 1.46. The zero-order chi connectivity index (χ0) is 15.2. The highest BCUT2D eigenvalue weighted by Gasteiger charge is 2.12. The molecule has 0 aromatic rings. The topological polar surface area (TPSA) is 111 Å². The summed E-state index contributed by atoms with van der Waals surface area (Å²) < 4.78 is 5.08. The molecular weight excluding hydrogens is 266 g/mol. The van der Waals surface area contributed by atoms with E-state index in [0.717, 1.165) is 0 Å². The molecule has 0 aromatic carbocycles. The molecule has 0 bridgehead atoms. The minimum Gasteiger partial charge on any atom is -0.395 e. The molecule has 0 aliphatic heterocycles. The van der Waals surface area contributed by atoms with Crippen molar-refractivity contribution in [1.29, 1.82) is 0 Å². The number of ether oxygens (including phenoxy) is 1. The van der Waals surface area contributed by atoms with Crippen LogP contribution in [0.1, 0.15) is 12.8 Å². The molecule has 0 aliphatic carbocycles. The highest BCUT2D eigenvalue weighted by molar-refractivity contribution is 5.76. The first kappa shape index (κ1) is 18.6. The third-order valence-corrected chi connectivity index (χ3v) is 2.53. The molecule has 0 spiro atoms. The monoisotopic (exact) mass is 291 g/mol. The first-order valence-corrected chi connectivity index (χ1v) is 6.68. The van der Waals surface area contributed by atoms with Gasteiger partial charge in [-0.15, -0.1) is 0 Å². The van der Waals surface area contributed by atoms with E-state index in [1.54, 1.807) is 7.05 Å². The molecule has 0 fully saturated rings. The SMILES string of the molecule is CNC(=O)CCCNC(=O)N(CCO)CCOCCO. The van der Waals surface area contributed by atoms with Crippen LogP contribution in [-0.4, -0.2) is 80.2 Å². The summed E-state index contributed by atoms with van der Waals surface area (Å²) in [6, 6.07) is -0.302. The zero-order valence-electron chi connectivity index (χ0n) is 11.9. The van der Waals surface area contributed by atoms with Gasteiger partial charge in [0.15, 0.2) is 0 Å². The lowest BCUT2D eigenvalue weighted by Gasteiger charge is -2.22. The number of rotatable bonds is 11. The van der Waals surface area contributed by atoms with E-state index in [4.69, 9.17) is 14.9 Å². The first-order valence-electron chi connectivity index (χ1n) is 6.68. The lowest BCUT2D eigenvalue weighted by molar-refractivity contribution is -0.120. The Balaban J connectivity index is 3.87. The standard InChI is InChI=1S/C12H25N3O5/c1-13-11(18)3-2-4-14-12(19)15(5-7-16)6-9-20-10-8-17/h16-17H,2-10H2,1H3,(H,13,18)(H,14,19). The fourth-order valence-electron chi connectivity index (χ4n) is 1.46. The average molecular weight is 291 g/mol. The van der Waals surface area contributed by atoms with Crippen molar-refractivity contribution in [1.82, 2.24) is 15.5 Å². The van der Waals surface area contributed by atoms with Gasteiger partial charge < -0.3 is 30.5 Å². The van der Waals surface area contributed by atoms with Crippen molar-refractivity contribution in [3.8, 4) is 0 Å². The molecule has 0 saturated carbocycles. The van der Waals surface area contributed by atoms with Crippen LogP contribution in [0.2, 0.25) is 0 Å². The predicted octanol–water partition coefficient (Wildman–Crippen LogP) is -1.47. The third kappa shape index (κ3) is 9.54. The minimum atomic E-state index is -0.302. The Labute approximate surface area is 119 Å². The Bertz CT molecular complexity index is 276. The van der Waals surface area contributed by atoms with Gasteiger partial charge in [0.2, 0.25) is 5.91 Å². The Kier molecular flexibility index (Phi) is 11.8. The van der Waals surface area contributed by atoms with Crippen LogP contribution in [0.25, 0.3) is 0 Å². The van der Waals surface area contributed by atoms with Crippen LogP contribution in [0, 0.1) is 0 Å². The van der Waals surface area contributed by atoms with Gasteiger partial charge in [-0.1, -0.05) is 0 Å². The Morgan fingerprint density at radius 2 is 1.90 bits per heavy atom. The van der Waals surface area contributed by atoms with Gasteiger partial charge in [0.05, 0.1) is 26.4 Å². The highest BCUT2D eigenvalue weighted by Crippen LogP contribution is 1.92. The summed E-state index contributed by atoms with van der Waals surface area (Å²) in [4.78, 5) is 24.2. The number of carbonyl (C=O) groups is 2. The third-order valence-electron chi connectivity index (χ3n) is 2.53. The maximum atomic E-state index is 11.8. The number of hydrogen-bond acceptors (Lipinski definition) is 5. The normalized spacial score (nSPS) is 10.2. The second-order valence-electron chi connectivity index (χ2n) is 4.06. The predicted molar refractivity (Wildman–Crippen MR) is 73.3 cm³/mol. The van der Waals surface area contributed by atoms with E-state index >= 15 is 0 Å². The van der Waals surface area contributed by atoms with Gasteiger partial charge in [0, 0.05) is 33.1 Å². The van der Waals surface area contributed by atoms with Crippen LogP contribution in [0.3, 0.4) is 0 Å². The summed E-state index contributed by atoms with van der Waals surface area (Å²) in [5.41, 5.74) is 0. The summed E-state index contributed by atoms with van der Waals surface area (Å²) >= 11 is 0. The zero-order valence-corrected chi connectivity index (χ0v) is 11.9. The molecule has 0 saturated heterocycles. The maximum absolute atomic E-state index is 11.8. The van der Waals surface area contributed by atoms with Gasteiger partial charge in [-0.2, -0.15) is 0 Å². The molecule has 0 radical (unpaired) electrons. The van der Waals surface area contributed by atoms with E-state index in [1.807, 2.05) is 0 Å². The highest BCUT2D eigenvalue weighted by atomic mass is 16.5. The van der Waals surface area contributed by atoms with Crippen LogP contribution in [0.5, 0.6) is 0 Å². The summed E-state index contributed by atoms with van der Waals surface area (Å²) in [7, 11) is 1.57. The molecule has 0 aliphatic rings. The largest absolute Gasteiger partial charge is 0.395 e. The van der Waals surface area contributed by atoms with Crippen molar-refractivity contribution in [3.05, 3.63) is 0 Å². The molecule has 118 valence electrons. The fraction of sp³-hybridized carbons (Fsp3) is 0.833. The minimum absolute atomic E-state index is 0.0638. The van der Waals surface area contributed by atoms with Crippen LogP contribution in [0.15, 0.2) is 0 Å². The van der Waals surface area contributed by atoms with E-state index in [-0.39, 0.29) is 38.3 Å². The lowest BCUT2D eigenvalue weighted by atomic mass is 10.3. The van der Waals surface area contributed by atoms with Gasteiger partial charge in [-0.05, 0) is 6.42 Å². The molecule has 8 nitrogen and oxygen atoms in total. The first-order chi connectivity index (χ1) is 9.65. The molecule has 0 aromatic heterocycles. The summed E-state index contributed by atoms with van der Waals surface area (Å²) in [5.74, 6) is -0.0659. The average Bonchev–Trinajstić information content (AvgIpc) is 2.46. The number of aliphatic hydroxyl groups is 2. The smallest absolute Gasteiger partial charge is 0.317 e. The van der Waals surface area contributed by atoms with Gasteiger partial charge in [0.25, 0.3) is 0 Å². The number of carbonyl (C=O) groups excluding carboxylic acids is 2. The van der Waals surface area contributed by atoms with Crippen LogP contribution >= 0.6 is 0 Å². The second-order valence-corrected chi connectivity index (χ2v) is 4.06. The van der Waals surface area contributed by atoms with E-state index < -0.39 is 0 Å². The number of nitrogens with one attached hydrogen (secondary N) is 2. The van der Waals surface area contributed by atoms with Gasteiger partial charge in [-0.3, -0.25) is 4.79 Å². The number of urea groups is 1. The molecular formula is C12H25N3O5. The molecule has 0 unspecified atom stereocenters. The molecule has 0 heterocycles. The molecule has 0 atom stereocenters. The van der Waals surface area contributed by atoms with Gasteiger partial charge >= 0.3 is 6.03 Å². The number of hydrogen-bond donors (Lipinski definition) is 4. The van der Waals surface area contributed by atoms with Crippen molar-refractivity contribution in [2.24, 2.45) is 0 Å². The Morgan fingerprint density at radius 1 is 1.15 bits per heavy atom. The van der Waals surface area contributed by atoms with Crippen molar-refractivity contribution >= 4 is 11.9 Å². The summed E-state index contributed by atoms with van der Waals surface area (Å²) in [6.45, 7) is 1.27. The van der Waals surface area contributed by atoms with Crippen LogP contribution in [0.4, 0.5) is 4.79 Å². The number of aliphatic hydroxyl groups excluding tert-OH is 2. The quantitative estimate of drug-likeness (QED) is 0.347. The molecule has 20 heavy (non-hydrogen) atoms. The number of nitrogens with zero attached hydrogens (tertiary/aromatic N) is 1. The van der Waals surface area contributed by atoms with Gasteiger partial charge in [-0.25, -0.2) is 4.79 Å². The molecule has 8 heteroatoms. The second kappa shape index (κ2) is 12.6. The molecule has 4 N–H and O–H groups in total. The van der Waals surface area contributed by atoms with Crippen molar-refractivity contribution in [3.63, 3.8) is 0 Å². The molecule has 3 amide bonds. The Morgan fingerprint density at radius 3 is 2.50 bits per heavy atom. The van der Waals surface area contributed by atoms with E-state index in [2.05, 4.69) is 10.6 Å². The van der Waals surface area contributed by atoms with Crippen molar-refractivity contribution in [2.75, 3.05) is 53.1 Å². The molecule has 0 rings (SSSR count). The van der Waals surface area contributed by atoms with E-state index in [9.17, 15) is 9.59 Å². The Hall–Kier alpha value is -1.38. The lowest BCUT2D eigenvalue weighted by Crippen LogP contribution is -2.43. The number of amides is 3. The maximum Gasteiger partial charge on any atom is 0.317 e. The van der Waals surface area contributed by atoms with E-state index in [1.165, 1.54) is 4.90 Å². The van der Waals surface area contributed by atoms with Crippen molar-refractivity contribution in [2.45, 2.75) is 12.8 Å². The van der Waals surface area contributed by atoms with Crippen LogP contribution < -0.4 is 10.6 Å². The van der Waals surface area contributed by atoms with E-state index in [0.29, 0.717) is 32.5 Å². The van der Waals surface area contributed by atoms with Crippen LogP contribution in [-0.2, 0) is 9.53 Å². The van der Waals surface area contributed by atoms with Crippen molar-refractivity contribution < 1.29 is 24.5 Å².